The number of Topliss-reactive ketones (excluding diaryl/α,β-unsaturated/α-hetero) is 1. The summed E-state index contributed by atoms with van der Waals surface area (Å²) in [7, 11) is 0. The van der Waals surface area contributed by atoms with Crippen LogP contribution in [0.2, 0.25) is 10.0 Å². The quantitative estimate of drug-likeness (QED) is 0.824. The molecule has 1 aromatic carbocycles. The van der Waals surface area contributed by atoms with Crippen LogP contribution in [-0.4, -0.2) is 27.8 Å². The fraction of sp³-hybridized carbons (Fsp3) is 0.462. The molecule has 0 bridgehead atoms. The van der Waals surface area contributed by atoms with Gasteiger partial charge in [-0.15, -0.1) is 11.8 Å². The van der Waals surface area contributed by atoms with Crippen molar-refractivity contribution in [1.29, 1.82) is 0 Å². The van der Waals surface area contributed by atoms with Gasteiger partial charge in [0, 0.05) is 33.2 Å². The minimum Gasteiger partial charge on any atom is -0.298 e. The van der Waals surface area contributed by atoms with Crippen molar-refractivity contribution in [3.8, 4) is 0 Å². The third-order valence-corrected chi connectivity index (χ3v) is 6.76. The van der Waals surface area contributed by atoms with Crippen LogP contribution >= 0.6 is 46.7 Å². The molecule has 2 unspecified atom stereocenters. The number of ketones is 1. The molecule has 0 amide bonds. The number of thioether (sulfide) groups is 2. The second-order valence-corrected chi connectivity index (χ2v) is 7.76. The Kier molecular flexibility index (Phi) is 5.31. The highest BCUT2D eigenvalue weighted by atomic mass is 35.5. The van der Waals surface area contributed by atoms with Gasteiger partial charge in [0.05, 0.1) is 5.25 Å². The Morgan fingerprint density at radius 3 is 2.50 bits per heavy atom. The van der Waals surface area contributed by atoms with Crippen LogP contribution in [0.5, 0.6) is 0 Å². The Morgan fingerprint density at radius 2 is 1.89 bits per heavy atom. The van der Waals surface area contributed by atoms with Gasteiger partial charge in [0.1, 0.15) is 0 Å². The van der Waals surface area contributed by atoms with E-state index >= 15 is 0 Å². The second-order valence-electron chi connectivity index (χ2n) is 4.21. The van der Waals surface area contributed by atoms with Gasteiger partial charge in [0.25, 0.3) is 0 Å². The fourth-order valence-electron chi connectivity index (χ4n) is 1.96. The molecule has 1 aliphatic heterocycles. The molecule has 0 aromatic heterocycles. The van der Waals surface area contributed by atoms with E-state index in [1.165, 1.54) is 0 Å². The summed E-state index contributed by atoms with van der Waals surface area (Å²) in [5, 5.41) is 1.60. The number of hydrogen-bond acceptors (Lipinski definition) is 3. The van der Waals surface area contributed by atoms with E-state index in [1.54, 1.807) is 30.0 Å². The normalized spacial score (nSPS) is 23.9. The first-order valence-electron chi connectivity index (χ1n) is 5.78. The maximum absolute atomic E-state index is 12.3. The monoisotopic (exact) mass is 320 g/mol. The molecule has 1 aromatic rings. The largest absolute Gasteiger partial charge is 0.298 e. The zero-order chi connectivity index (χ0) is 13.1. The molecule has 1 heterocycles. The van der Waals surface area contributed by atoms with Gasteiger partial charge in [-0.05, 0) is 17.7 Å². The lowest BCUT2D eigenvalue weighted by molar-refractivity contribution is -0.117. The van der Waals surface area contributed by atoms with E-state index in [0.29, 0.717) is 21.7 Å². The first-order valence-corrected chi connectivity index (χ1v) is 8.63. The third kappa shape index (κ3) is 3.38. The number of carbonyl (C=O) groups excluding carboxylic acids is 1. The molecule has 0 saturated carbocycles. The van der Waals surface area contributed by atoms with Crippen LogP contribution in [0.1, 0.15) is 12.5 Å². The summed E-state index contributed by atoms with van der Waals surface area (Å²) in [6, 6.07) is 5.36. The van der Waals surface area contributed by atoms with Gasteiger partial charge in [0.15, 0.2) is 5.78 Å². The van der Waals surface area contributed by atoms with Gasteiger partial charge in [0.2, 0.25) is 0 Å². The summed E-state index contributed by atoms with van der Waals surface area (Å²) in [5.41, 5.74) is 0.759. The molecule has 0 N–H and O–H groups in total. The molecular formula is C13H14Cl2OS2. The lowest BCUT2D eigenvalue weighted by Crippen LogP contribution is -2.32. The first kappa shape index (κ1) is 14.6. The van der Waals surface area contributed by atoms with E-state index in [1.807, 2.05) is 11.8 Å². The molecule has 1 nitrogen and oxygen atoms in total. The van der Waals surface area contributed by atoms with Crippen LogP contribution in [-0.2, 0) is 11.2 Å². The molecule has 18 heavy (non-hydrogen) atoms. The minimum absolute atomic E-state index is 0.0658. The van der Waals surface area contributed by atoms with Crippen LogP contribution in [0.4, 0.5) is 0 Å². The van der Waals surface area contributed by atoms with Crippen molar-refractivity contribution in [2.75, 3.05) is 11.5 Å². The molecular weight excluding hydrogens is 307 g/mol. The van der Waals surface area contributed by atoms with E-state index in [-0.39, 0.29) is 11.0 Å². The lowest BCUT2D eigenvalue weighted by Gasteiger charge is -2.26. The topological polar surface area (TPSA) is 17.1 Å². The third-order valence-electron chi connectivity index (χ3n) is 2.92. The zero-order valence-corrected chi connectivity index (χ0v) is 13.1. The Morgan fingerprint density at radius 1 is 1.28 bits per heavy atom. The molecule has 2 rings (SSSR count). The van der Waals surface area contributed by atoms with Crippen molar-refractivity contribution >= 4 is 52.5 Å². The van der Waals surface area contributed by atoms with Crippen molar-refractivity contribution in [3.63, 3.8) is 0 Å². The van der Waals surface area contributed by atoms with Crippen LogP contribution in [0, 0.1) is 0 Å². The predicted molar refractivity (Wildman–Crippen MR) is 83.3 cm³/mol. The van der Waals surface area contributed by atoms with Crippen molar-refractivity contribution in [3.05, 3.63) is 33.8 Å². The summed E-state index contributed by atoms with van der Waals surface area (Å²) in [4.78, 5) is 12.3. The minimum atomic E-state index is 0.0658. The Balaban J connectivity index is 2.11. The predicted octanol–water partition coefficient (Wildman–Crippen LogP) is 4.34. The van der Waals surface area contributed by atoms with E-state index in [4.69, 9.17) is 23.2 Å². The standard InChI is InChI=1S/C13H14Cl2OS2/c1-8-13(18-6-5-17-8)12(16)7-9-10(14)3-2-4-11(9)15/h2-4,8,13H,5-7H2,1H3. The first-order chi connectivity index (χ1) is 8.59. The smallest absolute Gasteiger partial charge is 0.151 e. The molecule has 0 radical (unpaired) electrons. The van der Waals surface area contributed by atoms with E-state index < -0.39 is 0 Å². The molecule has 98 valence electrons. The highest BCUT2D eigenvalue weighted by Gasteiger charge is 2.29. The van der Waals surface area contributed by atoms with Gasteiger partial charge < -0.3 is 0 Å². The van der Waals surface area contributed by atoms with Gasteiger partial charge in [-0.2, -0.15) is 11.8 Å². The molecule has 0 aliphatic carbocycles. The van der Waals surface area contributed by atoms with Crippen molar-refractivity contribution < 1.29 is 4.79 Å². The molecule has 1 fully saturated rings. The maximum Gasteiger partial charge on any atom is 0.151 e. The average Bonchev–Trinajstić information content (AvgIpc) is 2.34. The highest BCUT2D eigenvalue weighted by molar-refractivity contribution is 8.07. The summed E-state index contributed by atoms with van der Waals surface area (Å²) < 4.78 is 0. The lowest BCUT2D eigenvalue weighted by atomic mass is 10.1. The highest BCUT2D eigenvalue weighted by Crippen LogP contribution is 2.33. The van der Waals surface area contributed by atoms with Crippen molar-refractivity contribution in [2.24, 2.45) is 0 Å². The molecule has 0 spiro atoms. The number of hydrogen-bond donors (Lipinski definition) is 0. The van der Waals surface area contributed by atoms with E-state index in [2.05, 4.69) is 6.92 Å². The second kappa shape index (κ2) is 6.56. The van der Waals surface area contributed by atoms with Crippen LogP contribution in [0.3, 0.4) is 0 Å². The average molecular weight is 321 g/mol. The number of rotatable bonds is 3. The van der Waals surface area contributed by atoms with Gasteiger partial charge in [-0.25, -0.2) is 0 Å². The fourth-order valence-corrected chi connectivity index (χ4v) is 5.23. The number of benzene rings is 1. The SMILES string of the molecule is CC1SCCSC1C(=O)Cc1c(Cl)cccc1Cl. The molecule has 1 aliphatic rings. The van der Waals surface area contributed by atoms with Crippen LogP contribution in [0.25, 0.3) is 0 Å². The van der Waals surface area contributed by atoms with Gasteiger partial charge in [-0.3, -0.25) is 4.79 Å². The van der Waals surface area contributed by atoms with Gasteiger partial charge >= 0.3 is 0 Å². The zero-order valence-electron chi connectivity index (χ0n) is 9.99. The summed E-state index contributed by atoms with van der Waals surface area (Å²) >= 11 is 15.8. The Bertz CT molecular complexity index is 430. The van der Waals surface area contributed by atoms with Gasteiger partial charge in [-0.1, -0.05) is 36.2 Å². The molecule has 2 atom stereocenters. The molecule has 5 heteroatoms. The Labute approximate surface area is 126 Å². The Hall–Kier alpha value is 0.170. The summed E-state index contributed by atoms with van der Waals surface area (Å²) in [5.74, 6) is 2.40. The summed E-state index contributed by atoms with van der Waals surface area (Å²) in [6.45, 7) is 2.12. The van der Waals surface area contributed by atoms with Crippen LogP contribution < -0.4 is 0 Å². The molecule has 1 saturated heterocycles. The van der Waals surface area contributed by atoms with Crippen molar-refractivity contribution in [1.82, 2.24) is 0 Å². The maximum atomic E-state index is 12.3. The van der Waals surface area contributed by atoms with Crippen molar-refractivity contribution in [2.45, 2.75) is 23.8 Å². The number of carbonyl (C=O) groups is 1. The van der Waals surface area contributed by atoms with E-state index in [9.17, 15) is 4.79 Å². The summed E-state index contributed by atoms with van der Waals surface area (Å²) in [6.07, 6.45) is 0.334. The van der Waals surface area contributed by atoms with E-state index in [0.717, 1.165) is 17.1 Å². The van der Waals surface area contributed by atoms with Crippen LogP contribution in [0.15, 0.2) is 18.2 Å². The number of halogens is 2.